The second-order valence-corrected chi connectivity index (χ2v) is 4.54. The number of nitrogens with one attached hydrogen (secondary N) is 1. The van der Waals surface area contributed by atoms with Crippen molar-refractivity contribution in [2.45, 2.75) is 12.5 Å². The molecule has 3 rings (SSSR count). The molecule has 0 radical (unpaired) electrons. The Morgan fingerprint density at radius 3 is 3.17 bits per heavy atom. The van der Waals surface area contributed by atoms with Crippen molar-refractivity contribution in [3.8, 4) is 0 Å². The highest BCUT2D eigenvalue weighted by Gasteiger charge is 2.14. The lowest BCUT2D eigenvalue weighted by molar-refractivity contribution is 0.0767. The van der Waals surface area contributed by atoms with Gasteiger partial charge in [-0.2, -0.15) is 0 Å². The predicted octanol–water partition coefficient (Wildman–Crippen LogP) is 0.743. The molecule has 0 bridgehead atoms. The van der Waals surface area contributed by atoms with E-state index in [1.54, 1.807) is 0 Å². The molecular formula is C13H16N4O. The summed E-state index contributed by atoms with van der Waals surface area (Å²) in [4.78, 5) is 8.99. The van der Waals surface area contributed by atoms with Gasteiger partial charge < -0.3 is 15.8 Å². The third-order valence-corrected chi connectivity index (χ3v) is 3.07. The predicted molar refractivity (Wildman–Crippen MR) is 70.3 cm³/mol. The first kappa shape index (κ1) is 11.4. The van der Waals surface area contributed by atoms with Gasteiger partial charge in [0.15, 0.2) is 0 Å². The Morgan fingerprint density at radius 1 is 1.39 bits per heavy atom. The first-order valence-corrected chi connectivity index (χ1v) is 6.13. The number of fused-ring (bicyclic) bond motifs is 1. The third kappa shape index (κ3) is 2.42. The van der Waals surface area contributed by atoms with Crippen LogP contribution in [0.15, 0.2) is 24.4 Å². The van der Waals surface area contributed by atoms with Gasteiger partial charge in [0.25, 0.3) is 0 Å². The largest absolute Gasteiger partial charge is 0.399 e. The minimum atomic E-state index is 0.333. The summed E-state index contributed by atoms with van der Waals surface area (Å²) in [7, 11) is 0. The zero-order valence-electron chi connectivity index (χ0n) is 10.1. The van der Waals surface area contributed by atoms with Crippen LogP contribution in [0.3, 0.4) is 0 Å². The van der Waals surface area contributed by atoms with Crippen LogP contribution in [0.1, 0.15) is 5.69 Å². The molecule has 5 heteroatoms. The molecule has 0 aliphatic carbocycles. The molecule has 1 aromatic carbocycles. The van der Waals surface area contributed by atoms with E-state index in [0.717, 1.165) is 42.9 Å². The summed E-state index contributed by atoms with van der Waals surface area (Å²) in [6.07, 6.45) is 2.66. The minimum absolute atomic E-state index is 0.333. The fourth-order valence-electron chi connectivity index (χ4n) is 2.17. The molecule has 0 amide bonds. The van der Waals surface area contributed by atoms with Crippen LogP contribution in [0.2, 0.25) is 0 Å². The van der Waals surface area contributed by atoms with E-state index in [4.69, 9.17) is 10.5 Å². The number of nitrogens with two attached hydrogens (primary N) is 1. The average Bonchev–Trinajstić information content (AvgIpc) is 2.40. The second kappa shape index (κ2) is 4.88. The molecule has 2 heterocycles. The lowest BCUT2D eigenvalue weighted by atomic mass is 10.1. The molecule has 1 aromatic heterocycles. The van der Waals surface area contributed by atoms with Crippen LogP contribution < -0.4 is 11.1 Å². The van der Waals surface area contributed by atoms with Gasteiger partial charge >= 0.3 is 0 Å². The highest BCUT2D eigenvalue weighted by Crippen LogP contribution is 2.14. The Morgan fingerprint density at radius 2 is 2.33 bits per heavy atom. The molecule has 1 unspecified atom stereocenters. The van der Waals surface area contributed by atoms with E-state index in [1.807, 2.05) is 24.4 Å². The minimum Gasteiger partial charge on any atom is -0.399 e. The number of hydrogen-bond donors (Lipinski definition) is 2. The lowest BCUT2D eigenvalue weighted by Gasteiger charge is -2.23. The van der Waals surface area contributed by atoms with Crippen molar-refractivity contribution in [2.75, 3.05) is 25.5 Å². The highest BCUT2D eigenvalue weighted by atomic mass is 16.5. The summed E-state index contributed by atoms with van der Waals surface area (Å²) in [5, 5.41) is 3.41. The van der Waals surface area contributed by atoms with Crippen LogP contribution in [0.5, 0.6) is 0 Å². The molecular weight excluding hydrogens is 228 g/mol. The first-order chi connectivity index (χ1) is 8.81. The molecule has 1 saturated heterocycles. The van der Waals surface area contributed by atoms with Crippen molar-refractivity contribution < 1.29 is 4.74 Å². The summed E-state index contributed by atoms with van der Waals surface area (Å²) in [6.45, 7) is 2.43. The first-order valence-electron chi connectivity index (χ1n) is 6.13. The van der Waals surface area contributed by atoms with Crippen LogP contribution in [-0.2, 0) is 11.2 Å². The van der Waals surface area contributed by atoms with Crippen molar-refractivity contribution in [1.82, 2.24) is 15.3 Å². The highest BCUT2D eigenvalue weighted by molar-refractivity contribution is 5.77. The Balaban J connectivity index is 1.82. The van der Waals surface area contributed by atoms with Gasteiger partial charge in [-0.3, -0.25) is 4.98 Å². The molecule has 3 N–H and O–H groups in total. The van der Waals surface area contributed by atoms with E-state index < -0.39 is 0 Å². The molecule has 0 saturated carbocycles. The normalized spacial score (nSPS) is 20.1. The Labute approximate surface area is 105 Å². The zero-order chi connectivity index (χ0) is 12.4. The van der Waals surface area contributed by atoms with Crippen molar-refractivity contribution >= 4 is 16.7 Å². The van der Waals surface area contributed by atoms with E-state index >= 15 is 0 Å². The van der Waals surface area contributed by atoms with Crippen molar-refractivity contribution in [3.63, 3.8) is 0 Å². The summed E-state index contributed by atoms with van der Waals surface area (Å²) < 4.78 is 5.43. The SMILES string of the molecule is Nc1ccc2nc(CC3COCCN3)cnc2c1. The monoisotopic (exact) mass is 244 g/mol. The Bertz CT molecular complexity index is 552. The second-order valence-electron chi connectivity index (χ2n) is 4.54. The number of nitrogen functional groups attached to an aromatic ring is 1. The zero-order valence-corrected chi connectivity index (χ0v) is 10.1. The number of ether oxygens (including phenoxy) is 1. The van der Waals surface area contributed by atoms with E-state index in [-0.39, 0.29) is 0 Å². The smallest absolute Gasteiger partial charge is 0.0907 e. The average molecular weight is 244 g/mol. The van der Waals surface area contributed by atoms with E-state index in [1.165, 1.54) is 0 Å². The Hall–Kier alpha value is -1.72. The maximum absolute atomic E-state index is 5.72. The van der Waals surface area contributed by atoms with Gasteiger partial charge in [0.2, 0.25) is 0 Å². The molecule has 0 spiro atoms. The van der Waals surface area contributed by atoms with Crippen molar-refractivity contribution in [3.05, 3.63) is 30.1 Å². The van der Waals surface area contributed by atoms with Gasteiger partial charge in [-0.25, -0.2) is 4.98 Å². The summed E-state index contributed by atoms with van der Waals surface area (Å²) >= 11 is 0. The number of nitrogens with zero attached hydrogens (tertiary/aromatic N) is 2. The molecule has 1 atom stereocenters. The number of morpholine rings is 1. The number of hydrogen-bond acceptors (Lipinski definition) is 5. The third-order valence-electron chi connectivity index (χ3n) is 3.07. The number of rotatable bonds is 2. The summed E-state index contributed by atoms with van der Waals surface area (Å²) in [5.41, 5.74) is 9.14. The molecule has 1 fully saturated rings. The van der Waals surface area contributed by atoms with Gasteiger partial charge in [0.05, 0.1) is 29.9 Å². The van der Waals surface area contributed by atoms with Crippen LogP contribution in [-0.4, -0.2) is 35.8 Å². The van der Waals surface area contributed by atoms with E-state index in [0.29, 0.717) is 11.7 Å². The molecule has 1 aliphatic rings. The van der Waals surface area contributed by atoms with E-state index in [9.17, 15) is 0 Å². The standard InChI is InChI=1S/C13H16N4O/c14-9-1-2-12-13(5-9)16-7-10(17-12)6-11-8-18-4-3-15-11/h1-2,5,7,11,15H,3-4,6,8,14H2. The van der Waals surface area contributed by atoms with Gasteiger partial charge in [0.1, 0.15) is 0 Å². The van der Waals surface area contributed by atoms with Gasteiger partial charge in [-0.15, -0.1) is 0 Å². The molecule has 94 valence electrons. The molecule has 2 aromatic rings. The molecule has 1 aliphatic heterocycles. The number of benzene rings is 1. The van der Waals surface area contributed by atoms with Gasteiger partial charge in [0, 0.05) is 30.9 Å². The lowest BCUT2D eigenvalue weighted by Crippen LogP contribution is -2.42. The van der Waals surface area contributed by atoms with Crippen LogP contribution in [0, 0.1) is 0 Å². The van der Waals surface area contributed by atoms with Crippen LogP contribution in [0.4, 0.5) is 5.69 Å². The van der Waals surface area contributed by atoms with Crippen LogP contribution in [0.25, 0.3) is 11.0 Å². The summed E-state index contributed by atoms with van der Waals surface area (Å²) in [6, 6.07) is 5.93. The fourth-order valence-corrected chi connectivity index (χ4v) is 2.17. The number of anilines is 1. The van der Waals surface area contributed by atoms with Crippen molar-refractivity contribution in [2.24, 2.45) is 0 Å². The van der Waals surface area contributed by atoms with Crippen molar-refractivity contribution in [1.29, 1.82) is 0 Å². The van der Waals surface area contributed by atoms with Crippen LogP contribution >= 0.6 is 0 Å². The fraction of sp³-hybridized carbons (Fsp3) is 0.385. The number of aromatic nitrogens is 2. The maximum atomic E-state index is 5.72. The van der Waals surface area contributed by atoms with Gasteiger partial charge in [-0.1, -0.05) is 0 Å². The topological polar surface area (TPSA) is 73.1 Å². The molecule has 5 nitrogen and oxygen atoms in total. The summed E-state index contributed by atoms with van der Waals surface area (Å²) in [5.74, 6) is 0. The quantitative estimate of drug-likeness (QED) is 0.762. The van der Waals surface area contributed by atoms with Gasteiger partial charge in [-0.05, 0) is 18.2 Å². The molecule has 18 heavy (non-hydrogen) atoms. The maximum Gasteiger partial charge on any atom is 0.0907 e. The van der Waals surface area contributed by atoms with E-state index in [2.05, 4.69) is 15.3 Å². The Kier molecular flexibility index (Phi) is 3.08.